The van der Waals surface area contributed by atoms with Gasteiger partial charge in [-0.2, -0.15) is 5.10 Å². The number of benzene rings is 1. The highest BCUT2D eigenvalue weighted by Gasteiger charge is 2.22. The maximum absolute atomic E-state index is 12.9. The van der Waals surface area contributed by atoms with Crippen molar-refractivity contribution in [2.45, 2.75) is 76.8 Å². The zero-order chi connectivity index (χ0) is 18.6. The quantitative estimate of drug-likeness (QED) is 0.836. The molecule has 0 saturated heterocycles. The monoisotopic (exact) mass is 367 g/mol. The Bertz CT molecular complexity index is 861. The third kappa shape index (κ3) is 4.07. The van der Waals surface area contributed by atoms with Gasteiger partial charge in [0, 0.05) is 11.8 Å². The summed E-state index contributed by atoms with van der Waals surface area (Å²) in [7, 11) is 0. The standard InChI is InChI=1S/C22H29N3O2/c26-21(14-13-16-7-1-2-8-16)23-15-20-18-11-5-6-12-19(18)22(27)25(24-20)17-9-3-4-10-17/h5-6,11-12,16-17H,1-4,7-10,13-15H2,(H,23,26). The molecule has 0 radical (unpaired) electrons. The first kappa shape index (κ1) is 18.2. The van der Waals surface area contributed by atoms with Crippen LogP contribution in [0.5, 0.6) is 0 Å². The Hall–Kier alpha value is -2.17. The molecule has 2 aliphatic carbocycles. The SMILES string of the molecule is O=C(CCC1CCCC1)NCc1nn(C2CCCC2)c(=O)c2ccccc12. The minimum absolute atomic E-state index is 0.00573. The second-order valence-corrected chi connectivity index (χ2v) is 8.15. The number of hydrogen-bond acceptors (Lipinski definition) is 3. The van der Waals surface area contributed by atoms with Gasteiger partial charge in [-0.25, -0.2) is 4.68 Å². The fraction of sp³-hybridized carbons (Fsp3) is 0.591. The van der Waals surface area contributed by atoms with Crippen molar-refractivity contribution in [3.05, 3.63) is 40.3 Å². The molecule has 144 valence electrons. The molecule has 1 heterocycles. The van der Waals surface area contributed by atoms with E-state index in [1.54, 1.807) is 4.68 Å². The van der Waals surface area contributed by atoms with E-state index in [4.69, 9.17) is 0 Å². The molecular formula is C22H29N3O2. The zero-order valence-corrected chi connectivity index (χ0v) is 16.0. The first-order chi connectivity index (χ1) is 13.2. The average molecular weight is 367 g/mol. The minimum atomic E-state index is -0.00573. The summed E-state index contributed by atoms with van der Waals surface area (Å²) in [5.41, 5.74) is 0.792. The first-order valence-electron chi connectivity index (χ1n) is 10.5. The molecule has 0 atom stereocenters. The van der Waals surface area contributed by atoms with Gasteiger partial charge >= 0.3 is 0 Å². The average Bonchev–Trinajstić information content (AvgIpc) is 3.40. The molecule has 1 amide bonds. The molecule has 0 spiro atoms. The van der Waals surface area contributed by atoms with Crippen LogP contribution >= 0.6 is 0 Å². The van der Waals surface area contributed by atoms with Crippen LogP contribution in [0.2, 0.25) is 0 Å². The predicted octanol–water partition coefficient (Wildman–Crippen LogP) is 4.10. The number of hydrogen-bond donors (Lipinski definition) is 1. The molecule has 5 nitrogen and oxygen atoms in total. The molecule has 0 bridgehead atoms. The maximum atomic E-state index is 12.9. The number of fused-ring (bicyclic) bond motifs is 1. The van der Waals surface area contributed by atoms with Gasteiger partial charge in [0.05, 0.1) is 23.7 Å². The van der Waals surface area contributed by atoms with Crippen LogP contribution in [0.1, 0.15) is 75.9 Å². The molecule has 4 rings (SSSR count). The lowest BCUT2D eigenvalue weighted by Crippen LogP contribution is -2.30. The van der Waals surface area contributed by atoms with Crippen molar-refractivity contribution in [1.82, 2.24) is 15.1 Å². The van der Waals surface area contributed by atoms with Crippen molar-refractivity contribution < 1.29 is 4.79 Å². The van der Waals surface area contributed by atoms with Gasteiger partial charge in [-0.1, -0.05) is 56.7 Å². The summed E-state index contributed by atoms with van der Waals surface area (Å²) in [4.78, 5) is 25.2. The van der Waals surface area contributed by atoms with E-state index in [0.717, 1.165) is 49.1 Å². The lowest BCUT2D eigenvalue weighted by Gasteiger charge is -2.16. The highest BCUT2D eigenvalue weighted by molar-refractivity contribution is 5.84. The maximum Gasteiger partial charge on any atom is 0.274 e. The Morgan fingerprint density at radius 3 is 2.44 bits per heavy atom. The van der Waals surface area contributed by atoms with Gasteiger partial charge in [0.1, 0.15) is 0 Å². The number of aromatic nitrogens is 2. The van der Waals surface area contributed by atoms with Crippen molar-refractivity contribution in [3.8, 4) is 0 Å². The molecule has 1 aromatic heterocycles. The summed E-state index contributed by atoms with van der Waals surface area (Å²) in [5.74, 6) is 0.811. The molecule has 27 heavy (non-hydrogen) atoms. The number of amides is 1. The predicted molar refractivity (Wildman–Crippen MR) is 107 cm³/mol. The molecule has 0 unspecified atom stereocenters. The van der Waals surface area contributed by atoms with Crippen LogP contribution < -0.4 is 10.9 Å². The Balaban J connectivity index is 1.50. The Morgan fingerprint density at radius 1 is 1.04 bits per heavy atom. The number of carbonyl (C=O) groups is 1. The summed E-state index contributed by atoms with van der Waals surface area (Å²) in [6, 6.07) is 7.82. The van der Waals surface area contributed by atoms with E-state index in [-0.39, 0.29) is 17.5 Å². The van der Waals surface area contributed by atoms with Crippen LogP contribution in [0.15, 0.2) is 29.1 Å². The van der Waals surface area contributed by atoms with Gasteiger partial charge < -0.3 is 5.32 Å². The Morgan fingerprint density at radius 2 is 1.70 bits per heavy atom. The second-order valence-electron chi connectivity index (χ2n) is 8.15. The summed E-state index contributed by atoms with van der Waals surface area (Å²) in [6.07, 6.45) is 11.1. The van der Waals surface area contributed by atoms with Crippen LogP contribution in [0.3, 0.4) is 0 Å². The van der Waals surface area contributed by atoms with Crippen LogP contribution in [-0.4, -0.2) is 15.7 Å². The smallest absolute Gasteiger partial charge is 0.274 e. The van der Waals surface area contributed by atoms with Crippen LogP contribution in [0.25, 0.3) is 10.8 Å². The Kier molecular flexibility index (Phi) is 5.55. The molecule has 2 aromatic rings. The van der Waals surface area contributed by atoms with Crippen LogP contribution in [0.4, 0.5) is 0 Å². The van der Waals surface area contributed by atoms with E-state index in [1.165, 1.54) is 25.7 Å². The summed E-state index contributed by atoms with van der Waals surface area (Å²) in [5, 5.41) is 9.27. The molecule has 2 aliphatic rings. The van der Waals surface area contributed by atoms with Crippen molar-refractivity contribution in [1.29, 1.82) is 0 Å². The van der Waals surface area contributed by atoms with Gasteiger partial charge in [0.25, 0.3) is 5.56 Å². The minimum Gasteiger partial charge on any atom is -0.350 e. The summed E-state index contributed by atoms with van der Waals surface area (Å²) in [6.45, 7) is 0.386. The van der Waals surface area contributed by atoms with E-state index in [2.05, 4.69) is 10.4 Å². The van der Waals surface area contributed by atoms with E-state index < -0.39 is 0 Å². The van der Waals surface area contributed by atoms with Gasteiger partial charge in [0.2, 0.25) is 5.91 Å². The first-order valence-corrected chi connectivity index (χ1v) is 10.5. The van der Waals surface area contributed by atoms with Gasteiger partial charge in [-0.05, 0) is 31.2 Å². The largest absolute Gasteiger partial charge is 0.350 e. The van der Waals surface area contributed by atoms with Gasteiger partial charge in [0.15, 0.2) is 0 Å². The fourth-order valence-corrected chi connectivity index (χ4v) is 4.71. The van der Waals surface area contributed by atoms with E-state index in [9.17, 15) is 9.59 Å². The third-order valence-electron chi connectivity index (χ3n) is 6.28. The molecule has 1 N–H and O–H groups in total. The number of nitrogens with one attached hydrogen (secondary N) is 1. The molecule has 1 aromatic carbocycles. The van der Waals surface area contributed by atoms with Crippen LogP contribution in [0, 0.1) is 5.92 Å². The molecule has 2 saturated carbocycles. The summed E-state index contributed by atoms with van der Waals surface area (Å²) >= 11 is 0. The summed E-state index contributed by atoms with van der Waals surface area (Å²) < 4.78 is 1.68. The van der Waals surface area contributed by atoms with Gasteiger partial charge in [-0.15, -0.1) is 0 Å². The van der Waals surface area contributed by atoms with Crippen molar-refractivity contribution in [3.63, 3.8) is 0 Å². The van der Waals surface area contributed by atoms with Crippen molar-refractivity contribution in [2.24, 2.45) is 5.92 Å². The molecular weight excluding hydrogens is 338 g/mol. The number of nitrogens with zero attached hydrogens (tertiary/aromatic N) is 2. The fourth-order valence-electron chi connectivity index (χ4n) is 4.71. The number of carbonyl (C=O) groups excluding carboxylic acids is 1. The van der Waals surface area contributed by atoms with Crippen molar-refractivity contribution in [2.75, 3.05) is 0 Å². The normalized spacial score (nSPS) is 18.4. The topological polar surface area (TPSA) is 64.0 Å². The molecule has 2 fully saturated rings. The van der Waals surface area contributed by atoms with Crippen molar-refractivity contribution >= 4 is 16.7 Å². The highest BCUT2D eigenvalue weighted by Crippen LogP contribution is 2.29. The van der Waals surface area contributed by atoms with Gasteiger partial charge in [-0.3, -0.25) is 9.59 Å². The van der Waals surface area contributed by atoms with E-state index in [0.29, 0.717) is 18.4 Å². The Labute approximate surface area is 160 Å². The van der Waals surface area contributed by atoms with E-state index >= 15 is 0 Å². The molecule has 5 heteroatoms. The van der Waals surface area contributed by atoms with Crippen LogP contribution in [-0.2, 0) is 11.3 Å². The number of rotatable bonds is 6. The highest BCUT2D eigenvalue weighted by atomic mass is 16.1. The lowest BCUT2D eigenvalue weighted by atomic mass is 10.0. The second kappa shape index (κ2) is 8.24. The zero-order valence-electron chi connectivity index (χ0n) is 16.0. The van der Waals surface area contributed by atoms with E-state index in [1.807, 2.05) is 24.3 Å². The third-order valence-corrected chi connectivity index (χ3v) is 6.28. The lowest BCUT2D eigenvalue weighted by molar-refractivity contribution is -0.121. The molecule has 0 aliphatic heterocycles.